The molecule has 102 valence electrons. The zero-order valence-corrected chi connectivity index (χ0v) is 11.9. The summed E-state index contributed by atoms with van der Waals surface area (Å²) in [6.07, 6.45) is 1.09. The van der Waals surface area contributed by atoms with Crippen molar-refractivity contribution in [2.75, 3.05) is 20.3 Å². The van der Waals surface area contributed by atoms with Gasteiger partial charge in [-0.1, -0.05) is 11.6 Å². The molecule has 0 aromatic heterocycles. The number of benzene rings is 1. The van der Waals surface area contributed by atoms with Gasteiger partial charge in [0.1, 0.15) is 11.9 Å². The van der Waals surface area contributed by atoms with Crippen LogP contribution in [0.1, 0.15) is 18.9 Å². The van der Waals surface area contributed by atoms with Gasteiger partial charge in [-0.25, -0.2) is 0 Å². The highest BCUT2D eigenvalue weighted by Gasteiger charge is 2.23. The number of nitrogens with zero attached hydrogens (tertiary/aromatic N) is 2. The minimum Gasteiger partial charge on any atom is -0.484 e. The molecule has 0 N–H and O–H groups in total. The molecule has 0 radical (unpaired) electrons. The van der Waals surface area contributed by atoms with E-state index in [1.165, 1.54) is 0 Å². The summed E-state index contributed by atoms with van der Waals surface area (Å²) in [7, 11) is 1.99. The summed E-state index contributed by atoms with van der Waals surface area (Å²) in [5, 5.41) is 7.15. The third kappa shape index (κ3) is 2.55. The van der Waals surface area contributed by atoms with E-state index in [9.17, 15) is 0 Å². The van der Waals surface area contributed by atoms with Crippen LogP contribution in [0.2, 0.25) is 5.02 Å². The summed E-state index contributed by atoms with van der Waals surface area (Å²) in [6, 6.07) is 6.31. The average Bonchev–Trinajstić information content (AvgIpc) is 2.66. The third-order valence-electron chi connectivity index (χ3n) is 3.57. The Morgan fingerprint density at radius 3 is 2.74 bits per heavy atom. The highest BCUT2D eigenvalue weighted by Crippen LogP contribution is 2.29. The molecule has 1 aromatic rings. The maximum absolute atomic E-state index is 6.27. The van der Waals surface area contributed by atoms with Gasteiger partial charge in [0.2, 0.25) is 0 Å². The van der Waals surface area contributed by atoms with Crippen molar-refractivity contribution in [3.63, 3.8) is 0 Å². The van der Waals surface area contributed by atoms with E-state index in [1.54, 1.807) is 0 Å². The first-order chi connectivity index (χ1) is 9.13. The predicted molar refractivity (Wildman–Crippen MR) is 75.1 cm³/mol. The van der Waals surface area contributed by atoms with Gasteiger partial charge in [-0.05, 0) is 30.7 Å². The molecular formula is C14H17ClN2O2. The molecule has 3 rings (SSSR count). The topological polar surface area (TPSA) is 34.1 Å². The summed E-state index contributed by atoms with van der Waals surface area (Å²) >= 11 is 6.27. The van der Waals surface area contributed by atoms with Crippen LogP contribution < -0.4 is 4.74 Å². The van der Waals surface area contributed by atoms with Crippen LogP contribution in [-0.4, -0.2) is 43.1 Å². The number of hydrazone groups is 1. The van der Waals surface area contributed by atoms with Gasteiger partial charge in [-0.2, -0.15) is 5.10 Å². The molecule has 2 aliphatic heterocycles. The Bertz CT molecular complexity index is 514. The summed E-state index contributed by atoms with van der Waals surface area (Å²) in [6.45, 7) is 3.45. The molecular weight excluding hydrogens is 264 g/mol. The van der Waals surface area contributed by atoms with Crippen LogP contribution in [0.25, 0.3) is 0 Å². The van der Waals surface area contributed by atoms with Crippen molar-refractivity contribution in [2.24, 2.45) is 5.10 Å². The Morgan fingerprint density at radius 2 is 2.21 bits per heavy atom. The molecule has 19 heavy (non-hydrogen) atoms. The fourth-order valence-corrected chi connectivity index (χ4v) is 2.38. The van der Waals surface area contributed by atoms with E-state index in [1.807, 2.05) is 30.3 Å². The number of rotatable bonds is 3. The van der Waals surface area contributed by atoms with Crippen molar-refractivity contribution in [1.29, 1.82) is 0 Å². The molecule has 1 aromatic carbocycles. The smallest absolute Gasteiger partial charge is 0.145 e. The molecule has 0 saturated carbocycles. The summed E-state index contributed by atoms with van der Waals surface area (Å²) in [5.74, 6) is 0.721. The minimum atomic E-state index is 0.137. The second kappa shape index (κ2) is 5.02. The molecule has 0 amide bonds. The van der Waals surface area contributed by atoms with Crippen molar-refractivity contribution in [2.45, 2.75) is 25.5 Å². The largest absolute Gasteiger partial charge is 0.484 e. The van der Waals surface area contributed by atoms with Gasteiger partial charge in [-0.3, -0.25) is 5.01 Å². The first-order valence-electron chi connectivity index (χ1n) is 6.48. The number of ether oxygens (including phenoxy) is 2. The van der Waals surface area contributed by atoms with Gasteiger partial charge in [0, 0.05) is 19.5 Å². The average molecular weight is 281 g/mol. The van der Waals surface area contributed by atoms with Crippen molar-refractivity contribution in [1.82, 2.24) is 5.01 Å². The van der Waals surface area contributed by atoms with Crippen LogP contribution in [0.5, 0.6) is 5.75 Å². The lowest BCUT2D eigenvalue weighted by Gasteiger charge is -2.27. The van der Waals surface area contributed by atoms with Crippen LogP contribution in [0.4, 0.5) is 0 Å². The first kappa shape index (κ1) is 12.8. The van der Waals surface area contributed by atoms with Crippen molar-refractivity contribution < 1.29 is 9.47 Å². The molecule has 1 atom stereocenters. The molecule has 0 aliphatic carbocycles. The van der Waals surface area contributed by atoms with Crippen LogP contribution in [0.3, 0.4) is 0 Å². The van der Waals surface area contributed by atoms with Gasteiger partial charge in [0.15, 0.2) is 0 Å². The van der Waals surface area contributed by atoms with E-state index in [0.717, 1.165) is 23.4 Å². The van der Waals surface area contributed by atoms with Gasteiger partial charge < -0.3 is 9.47 Å². The standard InChI is InChI=1S/C14H17ClN2O2/c1-9-5-13(16-17(9)2)10-3-4-14(12(15)6-10)19-11-7-18-8-11/h3-4,6,9,11H,5,7-8H2,1-2H3. The van der Waals surface area contributed by atoms with Crippen molar-refractivity contribution >= 4 is 17.3 Å². The number of hydrogen-bond acceptors (Lipinski definition) is 4. The molecule has 1 unspecified atom stereocenters. The molecule has 0 spiro atoms. The fraction of sp³-hybridized carbons (Fsp3) is 0.500. The molecule has 1 fully saturated rings. The predicted octanol–water partition coefficient (Wildman–Crippen LogP) is 2.55. The maximum atomic E-state index is 6.27. The van der Waals surface area contributed by atoms with E-state index < -0.39 is 0 Å². The Balaban J connectivity index is 1.77. The molecule has 4 nitrogen and oxygen atoms in total. The maximum Gasteiger partial charge on any atom is 0.145 e. The van der Waals surface area contributed by atoms with Gasteiger partial charge >= 0.3 is 0 Å². The third-order valence-corrected chi connectivity index (χ3v) is 3.87. The molecule has 5 heteroatoms. The minimum absolute atomic E-state index is 0.137. The van der Waals surface area contributed by atoms with Crippen LogP contribution in [0.15, 0.2) is 23.3 Å². The zero-order chi connectivity index (χ0) is 13.4. The molecule has 2 aliphatic rings. The van der Waals surface area contributed by atoms with E-state index in [0.29, 0.717) is 24.3 Å². The van der Waals surface area contributed by atoms with Crippen LogP contribution in [-0.2, 0) is 4.74 Å². The Hall–Kier alpha value is -1.26. The Labute approximate surface area is 117 Å². The highest BCUT2D eigenvalue weighted by molar-refractivity contribution is 6.32. The van der Waals surface area contributed by atoms with Crippen LogP contribution in [0, 0.1) is 0 Å². The second-order valence-electron chi connectivity index (χ2n) is 5.10. The van der Waals surface area contributed by atoms with E-state index in [-0.39, 0.29) is 6.10 Å². The van der Waals surface area contributed by atoms with Crippen molar-refractivity contribution in [3.8, 4) is 5.75 Å². The summed E-state index contributed by atoms with van der Waals surface area (Å²) < 4.78 is 10.8. The first-order valence-corrected chi connectivity index (χ1v) is 6.86. The van der Waals surface area contributed by atoms with Crippen LogP contribution >= 0.6 is 11.6 Å². The quantitative estimate of drug-likeness (QED) is 0.853. The molecule has 2 heterocycles. The lowest BCUT2D eigenvalue weighted by atomic mass is 10.0. The van der Waals surface area contributed by atoms with Gasteiger partial charge in [0.25, 0.3) is 0 Å². The SMILES string of the molecule is CC1CC(c2ccc(OC3COC3)c(Cl)c2)=NN1C. The lowest BCUT2D eigenvalue weighted by Crippen LogP contribution is -2.38. The Morgan fingerprint density at radius 1 is 1.42 bits per heavy atom. The molecule has 0 bridgehead atoms. The normalized spacial score (nSPS) is 23.2. The van der Waals surface area contributed by atoms with Gasteiger partial charge in [0.05, 0.1) is 23.9 Å². The van der Waals surface area contributed by atoms with Gasteiger partial charge in [-0.15, -0.1) is 0 Å². The lowest BCUT2D eigenvalue weighted by molar-refractivity contribution is -0.0796. The summed E-state index contributed by atoms with van der Waals surface area (Å²) in [5.41, 5.74) is 2.15. The zero-order valence-electron chi connectivity index (χ0n) is 11.1. The monoisotopic (exact) mass is 280 g/mol. The number of halogens is 1. The number of hydrogen-bond donors (Lipinski definition) is 0. The Kier molecular flexibility index (Phi) is 3.37. The fourth-order valence-electron chi connectivity index (χ4n) is 2.15. The second-order valence-corrected chi connectivity index (χ2v) is 5.50. The van der Waals surface area contributed by atoms with Crippen molar-refractivity contribution in [3.05, 3.63) is 28.8 Å². The summed E-state index contributed by atoms with van der Waals surface area (Å²) in [4.78, 5) is 0. The highest BCUT2D eigenvalue weighted by atomic mass is 35.5. The van der Waals surface area contributed by atoms with E-state index in [4.69, 9.17) is 21.1 Å². The van der Waals surface area contributed by atoms with E-state index >= 15 is 0 Å². The molecule has 1 saturated heterocycles. The van der Waals surface area contributed by atoms with E-state index in [2.05, 4.69) is 12.0 Å².